The molecule has 160 valence electrons. The molecular formula is C16H29N5O6S. The fourth-order valence-corrected chi connectivity index (χ4v) is 2.50. The summed E-state index contributed by atoms with van der Waals surface area (Å²) in [5.74, 6) is -4.01. The molecule has 0 bridgehead atoms. The van der Waals surface area contributed by atoms with Crippen molar-refractivity contribution in [3.8, 4) is 0 Å². The molecule has 28 heavy (non-hydrogen) atoms. The molecule has 0 spiro atoms. The molecule has 3 atom stereocenters. The lowest BCUT2D eigenvalue weighted by Gasteiger charge is -2.24. The summed E-state index contributed by atoms with van der Waals surface area (Å²) in [4.78, 5) is 58.4. The van der Waals surface area contributed by atoms with Gasteiger partial charge in [-0.15, -0.1) is 0 Å². The molecule has 0 aliphatic carbocycles. The molecule has 3 unspecified atom stereocenters. The maximum Gasteiger partial charge on any atom is 0.326 e. The highest BCUT2D eigenvalue weighted by Gasteiger charge is 2.29. The van der Waals surface area contributed by atoms with E-state index in [0.717, 1.165) is 0 Å². The third-order valence-electron chi connectivity index (χ3n) is 3.65. The van der Waals surface area contributed by atoms with E-state index in [1.165, 1.54) is 0 Å². The van der Waals surface area contributed by atoms with Gasteiger partial charge in [0.05, 0.1) is 6.54 Å². The number of nitrogens with one attached hydrogen (secondary N) is 3. The van der Waals surface area contributed by atoms with Crippen molar-refractivity contribution in [2.45, 2.75) is 51.2 Å². The molecule has 4 amide bonds. The Morgan fingerprint density at radius 2 is 1.50 bits per heavy atom. The van der Waals surface area contributed by atoms with Crippen LogP contribution in [0.15, 0.2) is 0 Å². The molecule has 0 aliphatic heterocycles. The molecule has 0 radical (unpaired) electrons. The molecule has 0 aromatic heterocycles. The maximum absolute atomic E-state index is 12.5. The smallest absolute Gasteiger partial charge is 0.326 e. The Balaban J connectivity index is 5.07. The van der Waals surface area contributed by atoms with Crippen molar-refractivity contribution in [1.82, 2.24) is 16.0 Å². The number of rotatable bonds is 13. The van der Waals surface area contributed by atoms with Gasteiger partial charge in [0.15, 0.2) is 0 Å². The minimum atomic E-state index is -1.34. The molecular weight excluding hydrogens is 390 g/mol. The number of primary amides is 1. The van der Waals surface area contributed by atoms with Gasteiger partial charge in [-0.3, -0.25) is 19.2 Å². The largest absolute Gasteiger partial charge is 0.480 e. The van der Waals surface area contributed by atoms with Crippen LogP contribution in [0.3, 0.4) is 0 Å². The van der Waals surface area contributed by atoms with E-state index in [1.54, 1.807) is 0 Å². The highest BCUT2D eigenvalue weighted by molar-refractivity contribution is 7.80. The zero-order valence-corrected chi connectivity index (χ0v) is 16.8. The first-order chi connectivity index (χ1) is 13.0. The Morgan fingerprint density at radius 1 is 0.964 bits per heavy atom. The highest BCUT2D eigenvalue weighted by Crippen LogP contribution is 2.06. The number of carboxylic acid groups (broad SMARTS) is 1. The van der Waals surface area contributed by atoms with Crippen LogP contribution in [0, 0.1) is 5.92 Å². The predicted octanol–water partition coefficient (Wildman–Crippen LogP) is -2.27. The average molecular weight is 420 g/mol. The molecule has 0 aliphatic rings. The van der Waals surface area contributed by atoms with Crippen LogP contribution in [0.4, 0.5) is 0 Å². The van der Waals surface area contributed by atoms with Crippen LogP contribution in [0.2, 0.25) is 0 Å². The second-order valence-corrected chi connectivity index (χ2v) is 6.97. The summed E-state index contributed by atoms with van der Waals surface area (Å²) in [6, 6.07) is -3.39. The van der Waals surface area contributed by atoms with Crippen LogP contribution < -0.4 is 27.4 Å². The number of carbonyl (C=O) groups is 5. The second kappa shape index (κ2) is 12.9. The van der Waals surface area contributed by atoms with Crippen LogP contribution in [0.25, 0.3) is 0 Å². The lowest BCUT2D eigenvalue weighted by Crippen LogP contribution is -2.57. The van der Waals surface area contributed by atoms with Gasteiger partial charge in [-0.25, -0.2) is 4.79 Å². The van der Waals surface area contributed by atoms with Crippen LogP contribution >= 0.6 is 12.6 Å². The van der Waals surface area contributed by atoms with Crippen molar-refractivity contribution in [2.75, 3.05) is 12.3 Å². The first-order valence-corrected chi connectivity index (χ1v) is 9.37. The topological polar surface area (TPSA) is 194 Å². The number of hydrogen-bond acceptors (Lipinski definition) is 7. The molecule has 11 nitrogen and oxygen atoms in total. The standard InChI is InChI=1S/C16H29N5O6S/c1-8(2)5-10(19-13(23)6-17)14(24)21-11(7-28)15(25)20-9(16(26)27)3-4-12(18)22/h8-11,28H,3-7,17H2,1-2H3,(H2,18,22)(H,19,23)(H,20,25)(H,21,24)(H,26,27). The van der Waals surface area contributed by atoms with Gasteiger partial charge in [-0.2, -0.15) is 12.6 Å². The maximum atomic E-state index is 12.5. The summed E-state index contributed by atoms with van der Waals surface area (Å²) in [7, 11) is 0. The normalized spacial score (nSPS) is 13.9. The van der Waals surface area contributed by atoms with Crippen LogP contribution in [-0.2, 0) is 24.0 Å². The number of thiol groups is 1. The summed E-state index contributed by atoms with van der Waals surface area (Å²) in [6.45, 7) is 3.42. The molecule has 0 heterocycles. The molecule has 0 rings (SSSR count). The van der Waals surface area contributed by atoms with Gasteiger partial charge in [-0.1, -0.05) is 13.8 Å². The molecule has 0 aromatic rings. The Morgan fingerprint density at radius 3 is 1.93 bits per heavy atom. The molecule has 0 saturated heterocycles. The van der Waals surface area contributed by atoms with Crippen molar-refractivity contribution in [1.29, 1.82) is 0 Å². The summed E-state index contributed by atoms with van der Waals surface area (Å²) >= 11 is 4.01. The predicted molar refractivity (Wildman–Crippen MR) is 104 cm³/mol. The van der Waals surface area contributed by atoms with Gasteiger partial charge < -0.3 is 32.5 Å². The van der Waals surface area contributed by atoms with E-state index in [1.807, 2.05) is 13.8 Å². The van der Waals surface area contributed by atoms with Crippen molar-refractivity contribution in [3.63, 3.8) is 0 Å². The Hall–Kier alpha value is -2.34. The molecule has 0 fully saturated rings. The van der Waals surface area contributed by atoms with Crippen LogP contribution in [-0.4, -0.2) is 65.1 Å². The summed E-state index contributed by atoms with van der Waals surface area (Å²) in [5, 5.41) is 16.3. The second-order valence-electron chi connectivity index (χ2n) is 6.60. The van der Waals surface area contributed by atoms with Gasteiger partial charge in [-0.05, 0) is 18.8 Å². The van der Waals surface area contributed by atoms with Crippen molar-refractivity contribution < 1.29 is 29.1 Å². The fourth-order valence-electron chi connectivity index (χ4n) is 2.24. The fraction of sp³-hybridized carbons (Fsp3) is 0.688. The Kier molecular flexibility index (Phi) is 11.9. The minimum Gasteiger partial charge on any atom is -0.480 e. The molecule has 0 aromatic carbocycles. The first-order valence-electron chi connectivity index (χ1n) is 8.73. The summed E-state index contributed by atoms with van der Waals surface area (Å²) in [5.41, 5.74) is 10.2. The van der Waals surface area contributed by atoms with Gasteiger partial charge in [0.1, 0.15) is 18.1 Å². The number of nitrogens with two attached hydrogens (primary N) is 2. The van der Waals surface area contributed by atoms with Crippen molar-refractivity contribution in [2.24, 2.45) is 17.4 Å². The van der Waals surface area contributed by atoms with Crippen molar-refractivity contribution in [3.05, 3.63) is 0 Å². The summed E-state index contributed by atoms with van der Waals surface area (Å²) in [6.07, 6.45) is -0.0995. The first kappa shape index (κ1) is 25.7. The number of carboxylic acids is 1. The quantitative estimate of drug-likeness (QED) is 0.163. The van der Waals surface area contributed by atoms with Gasteiger partial charge >= 0.3 is 5.97 Å². The third kappa shape index (κ3) is 10.1. The van der Waals surface area contributed by atoms with Gasteiger partial charge in [0.25, 0.3) is 0 Å². The van der Waals surface area contributed by atoms with Crippen LogP contribution in [0.5, 0.6) is 0 Å². The number of amides is 4. The van der Waals surface area contributed by atoms with E-state index in [2.05, 4.69) is 28.6 Å². The van der Waals surface area contributed by atoms with E-state index in [0.29, 0.717) is 6.42 Å². The number of aliphatic carboxylic acids is 1. The van der Waals surface area contributed by atoms with E-state index >= 15 is 0 Å². The highest BCUT2D eigenvalue weighted by atomic mass is 32.1. The number of hydrogen-bond donors (Lipinski definition) is 7. The molecule has 12 heteroatoms. The zero-order valence-electron chi connectivity index (χ0n) is 15.9. The lowest BCUT2D eigenvalue weighted by molar-refractivity contribution is -0.142. The van der Waals surface area contributed by atoms with E-state index in [9.17, 15) is 24.0 Å². The van der Waals surface area contributed by atoms with E-state index in [-0.39, 0.29) is 31.1 Å². The van der Waals surface area contributed by atoms with Gasteiger partial charge in [0, 0.05) is 12.2 Å². The van der Waals surface area contributed by atoms with E-state index < -0.39 is 47.7 Å². The van der Waals surface area contributed by atoms with Crippen LogP contribution in [0.1, 0.15) is 33.1 Å². The Labute approximate surface area is 168 Å². The SMILES string of the molecule is CC(C)CC(NC(=O)CN)C(=O)NC(CS)C(=O)NC(CCC(N)=O)C(=O)O. The molecule has 0 saturated carbocycles. The lowest BCUT2D eigenvalue weighted by atomic mass is 10.0. The number of carbonyl (C=O) groups excluding carboxylic acids is 4. The van der Waals surface area contributed by atoms with Crippen molar-refractivity contribution >= 4 is 42.2 Å². The van der Waals surface area contributed by atoms with E-state index in [4.69, 9.17) is 16.6 Å². The summed E-state index contributed by atoms with van der Waals surface area (Å²) < 4.78 is 0. The Bertz CT molecular complexity index is 586. The third-order valence-corrected chi connectivity index (χ3v) is 4.02. The monoisotopic (exact) mass is 419 g/mol. The average Bonchev–Trinajstić information content (AvgIpc) is 2.60. The minimum absolute atomic E-state index is 0.0716. The molecule has 8 N–H and O–H groups in total. The van der Waals surface area contributed by atoms with Gasteiger partial charge in [0.2, 0.25) is 23.6 Å². The zero-order chi connectivity index (χ0) is 21.9.